The number of hydrogen-bond acceptors (Lipinski definition) is 3. The highest BCUT2D eigenvalue weighted by Crippen LogP contribution is 2.55. The van der Waals surface area contributed by atoms with E-state index in [4.69, 9.17) is 15.0 Å². The van der Waals surface area contributed by atoms with Crippen LogP contribution in [0.15, 0.2) is 200 Å². The maximum absolute atomic E-state index is 5.72. The molecule has 12 rings (SSSR count). The number of para-hydroxylation sites is 3. The molecule has 0 N–H and O–H groups in total. The molecule has 0 atom stereocenters. The summed E-state index contributed by atoms with van der Waals surface area (Å²) in [6, 6.07) is 71.1. The molecule has 57 heavy (non-hydrogen) atoms. The molecular weight excluding hydrogens is 695 g/mol. The molecule has 0 aliphatic heterocycles. The summed E-state index contributed by atoms with van der Waals surface area (Å²) in [4.78, 5) is 16.7. The average molecular weight is 728 g/mol. The van der Waals surface area contributed by atoms with Gasteiger partial charge in [-0.25, -0.2) is 4.98 Å². The Morgan fingerprint density at radius 3 is 1.49 bits per heavy atom. The average Bonchev–Trinajstić information content (AvgIpc) is 3.92. The van der Waals surface area contributed by atoms with E-state index in [2.05, 4.69) is 191 Å². The SMILES string of the molecule is c1ccc(-c2nc(-n3c4ccccc4c4ccc5c6ccccc6n(-c6ccccc6)c5c43)nc(C3(c4ccccc4)c4ccccc4-c4ccccc43)n2)cc1. The molecule has 1 aliphatic rings. The Balaban J connectivity index is 1.28. The molecule has 1 aliphatic carbocycles. The molecule has 5 heteroatoms. The number of aromatic nitrogens is 5. The van der Waals surface area contributed by atoms with Crippen LogP contribution in [-0.4, -0.2) is 24.1 Å². The minimum Gasteiger partial charge on any atom is -0.307 e. The van der Waals surface area contributed by atoms with Gasteiger partial charge in [-0.1, -0.05) is 176 Å². The normalized spacial score (nSPS) is 13.1. The van der Waals surface area contributed by atoms with Crippen LogP contribution in [0, 0.1) is 0 Å². The summed E-state index contributed by atoms with van der Waals surface area (Å²) >= 11 is 0. The maximum Gasteiger partial charge on any atom is 0.238 e. The van der Waals surface area contributed by atoms with Crippen LogP contribution in [-0.2, 0) is 5.41 Å². The standard InChI is InChI=1S/C52H33N5/c1-4-18-34(19-5-1)49-53-50(52(35-20-6-2-7-21-35)43-28-14-10-24-37(43)38-25-11-15-29-44(38)52)55-51(54-49)57-46-31-17-13-27-40(46)42-33-32-41-39-26-12-16-30-45(39)56(47(41)48(42)57)36-22-8-3-9-23-36/h1-33H. The van der Waals surface area contributed by atoms with Crippen molar-refractivity contribution >= 4 is 43.6 Å². The summed E-state index contributed by atoms with van der Waals surface area (Å²) in [5, 5.41) is 4.63. The van der Waals surface area contributed by atoms with Crippen LogP contribution in [0.5, 0.6) is 0 Å². The lowest BCUT2D eigenvalue weighted by Crippen LogP contribution is -2.32. The zero-order chi connectivity index (χ0) is 37.5. The molecule has 0 fully saturated rings. The predicted molar refractivity (Wildman–Crippen MR) is 231 cm³/mol. The third-order valence-electron chi connectivity index (χ3n) is 11.8. The van der Waals surface area contributed by atoms with E-state index in [0.29, 0.717) is 17.6 Å². The predicted octanol–water partition coefficient (Wildman–Crippen LogP) is 12.1. The Morgan fingerprint density at radius 2 is 0.860 bits per heavy atom. The minimum absolute atomic E-state index is 0.569. The summed E-state index contributed by atoms with van der Waals surface area (Å²) in [6.07, 6.45) is 0. The molecule has 3 aromatic heterocycles. The minimum atomic E-state index is -0.817. The van der Waals surface area contributed by atoms with E-state index in [1.54, 1.807) is 0 Å². The van der Waals surface area contributed by atoms with E-state index in [0.717, 1.165) is 60.8 Å². The third kappa shape index (κ3) is 4.42. The first kappa shape index (κ1) is 31.7. The van der Waals surface area contributed by atoms with Crippen molar-refractivity contribution in [2.75, 3.05) is 0 Å². The van der Waals surface area contributed by atoms with Crippen LogP contribution >= 0.6 is 0 Å². The second kappa shape index (κ2) is 12.2. The van der Waals surface area contributed by atoms with Crippen molar-refractivity contribution in [2.45, 2.75) is 5.41 Å². The van der Waals surface area contributed by atoms with Crippen LogP contribution in [0.1, 0.15) is 22.5 Å². The highest BCUT2D eigenvalue weighted by Gasteiger charge is 2.49. The summed E-state index contributed by atoms with van der Waals surface area (Å²) in [5.41, 5.74) is 11.3. The molecule has 8 aromatic carbocycles. The number of rotatable bonds is 5. The van der Waals surface area contributed by atoms with Gasteiger partial charge >= 0.3 is 0 Å². The third-order valence-corrected chi connectivity index (χ3v) is 11.8. The summed E-state index contributed by atoms with van der Waals surface area (Å²) in [5.74, 6) is 1.87. The zero-order valence-corrected chi connectivity index (χ0v) is 30.8. The van der Waals surface area contributed by atoms with Gasteiger partial charge in [0.2, 0.25) is 5.95 Å². The van der Waals surface area contributed by atoms with Crippen LogP contribution in [0.25, 0.3) is 77.8 Å². The Bertz CT molecular complexity index is 3300. The van der Waals surface area contributed by atoms with Gasteiger partial charge in [0, 0.05) is 32.8 Å². The van der Waals surface area contributed by atoms with Crippen LogP contribution in [0.3, 0.4) is 0 Å². The molecule has 3 heterocycles. The number of fused-ring (bicyclic) bond motifs is 10. The molecule has 5 nitrogen and oxygen atoms in total. The molecule has 0 amide bonds. The fourth-order valence-electron chi connectivity index (χ4n) is 9.51. The van der Waals surface area contributed by atoms with Gasteiger partial charge in [0.25, 0.3) is 0 Å². The van der Waals surface area contributed by atoms with E-state index < -0.39 is 5.41 Å². The Hall–Kier alpha value is -7.63. The Morgan fingerprint density at radius 1 is 0.368 bits per heavy atom. The van der Waals surface area contributed by atoms with Gasteiger partial charge in [-0.05, 0) is 52.1 Å². The second-order valence-electron chi connectivity index (χ2n) is 14.8. The molecule has 0 spiro atoms. The van der Waals surface area contributed by atoms with Crippen molar-refractivity contribution < 1.29 is 0 Å². The fourth-order valence-corrected chi connectivity index (χ4v) is 9.51. The van der Waals surface area contributed by atoms with E-state index in [-0.39, 0.29) is 0 Å². The maximum atomic E-state index is 5.72. The summed E-state index contributed by atoms with van der Waals surface area (Å²) < 4.78 is 4.69. The molecule has 0 radical (unpaired) electrons. The Labute approximate surface area is 328 Å². The van der Waals surface area contributed by atoms with Gasteiger partial charge in [0.15, 0.2) is 11.6 Å². The zero-order valence-electron chi connectivity index (χ0n) is 30.8. The number of hydrogen-bond donors (Lipinski definition) is 0. The van der Waals surface area contributed by atoms with Gasteiger partial charge < -0.3 is 4.57 Å². The van der Waals surface area contributed by atoms with Gasteiger partial charge in [-0.3, -0.25) is 4.57 Å². The van der Waals surface area contributed by atoms with Crippen molar-refractivity contribution in [3.63, 3.8) is 0 Å². The van der Waals surface area contributed by atoms with Crippen LogP contribution in [0.4, 0.5) is 0 Å². The molecule has 266 valence electrons. The van der Waals surface area contributed by atoms with Crippen molar-refractivity contribution in [3.05, 3.63) is 223 Å². The first-order chi connectivity index (χ1) is 28.3. The molecule has 0 saturated carbocycles. The number of benzene rings is 8. The van der Waals surface area contributed by atoms with Crippen LogP contribution < -0.4 is 0 Å². The van der Waals surface area contributed by atoms with Crippen molar-refractivity contribution in [2.24, 2.45) is 0 Å². The molecule has 0 bridgehead atoms. The van der Waals surface area contributed by atoms with Crippen molar-refractivity contribution in [1.82, 2.24) is 24.1 Å². The van der Waals surface area contributed by atoms with Gasteiger partial charge in [0.05, 0.1) is 22.1 Å². The smallest absolute Gasteiger partial charge is 0.238 e. The van der Waals surface area contributed by atoms with E-state index in [1.807, 2.05) is 18.2 Å². The van der Waals surface area contributed by atoms with Crippen molar-refractivity contribution in [1.29, 1.82) is 0 Å². The lowest BCUT2D eigenvalue weighted by molar-refractivity contribution is 0.683. The monoisotopic (exact) mass is 727 g/mol. The van der Waals surface area contributed by atoms with E-state index >= 15 is 0 Å². The number of nitrogens with zero attached hydrogens (tertiary/aromatic N) is 5. The summed E-state index contributed by atoms with van der Waals surface area (Å²) in [7, 11) is 0. The van der Waals surface area contributed by atoms with E-state index in [9.17, 15) is 0 Å². The lowest BCUT2D eigenvalue weighted by atomic mass is 9.71. The first-order valence-electron chi connectivity index (χ1n) is 19.4. The summed E-state index contributed by atoms with van der Waals surface area (Å²) in [6.45, 7) is 0. The van der Waals surface area contributed by atoms with Crippen molar-refractivity contribution in [3.8, 4) is 34.2 Å². The molecule has 0 saturated heterocycles. The van der Waals surface area contributed by atoms with Gasteiger partial charge in [0.1, 0.15) is 5.41 Å². The topological polar surface area (TPSA) is 48.5 Å². The molecule has 11 aromatic rings. The second-order valence-corrected chi connectivity index (χ2v) is 14.8. The van der Waals surface area contributed by atoms with Gasteiger partial charge in [-0.15, -0.1) is 0 Å². The largest absolute Gasteiger partial charge is 0.307 e. The van der Waals surface area contributed by atoms with Crippen LogP contribution in [0.2, 0.25) is 0 Å². The molecule has 0 unspecified atom stereocenters. The quantitative estimate of drug-likeness (QED) is 0.177. The van der Waals surface area contributed by atoms with Gasteiger partial charge in [-0.2, -0.15) is 9.97 Å². The fraction of sp³-hybridized carbons (Fsp3) is 0.0192. The first-order valence-corrected chi connectivity index (χ1v) is 19.4. The lowest BCUT2D eigenvalue weighted by Gasteiger charge is -2.32. The molecular formula is C52H33N5. The highest BCUT2D eigenvalue weighted by molar-refractivity contribution is 6.23. The highest BCUT2D eigenvalue weighted by atomic mass is 15.2. The Kier molecular flexibility index (Phi) is 6.78. The van der Waals surface area contributed by atoms with E-state index in [1.165, 1.54) is 21.9 Å².